The summed E-state index contributed by atoms with van der Waals surface area (Å²) in [6.07, 6.45) is 3.54. The van der Waals surface area contributed by atoms with E-state index in [0.29, 0.717) is 28.4 Å². The fourth-order valence-electron chi connectivity index (χ4n) is 3.72. The van der Waals surface area contributed by atoms with Crippen molar-refractivity contribution in [3.8, 4) is 11.5 Å². The van der Waals surface area contributed by atoms with Gasteiger partial charge in [-0.1, -0.05) is 47.6 Å². The van der Waals surface area contributed by atoms with Crippen molar-refractivity contribution >= 4 is 17.6 Å². The zero-order valence-corrected chi connectivity index (χ0v) is 21.5. The minimum absolute atomic E-state index is 0.0688. The van der Waals surface area contributed by atoms with Gasteiger partial charge < -0.3 is 25.4 Å². The van der Waals surface area contributed by atoms with Gasteiger partial charge >= 0.3 is 6.03 Å². The monoisotopic (exact) mass is 477 g/mol. The number of allylic oxidation sites excluding steroid dienone is 1. The van der Waals surface area contributed by atoms with Crippen molar-refractivity contribution in [1.82, 2.24) is 10.6 Å². The average Bonchev–Trinajstić information content (AvgIpc) is 2.78. The molecule has 0 bridgehead atoms. The summed E-state index contributed by atoms with van der Waals surface area (Å²) in [6.45, 7) is 12.8. The molecule has 2 aromatic rings. The van der Waals surface area contributed by atoms with Gasteiger partial charge in [0.1, 0.15) is 23.9 Å². The van der Waals surface area contributed by atoms with Crippen LogP contribution in [0.4, 0.5) is 10.5 Å². The fraction of sp³-hybridized carbons (Fsp3) is 0.357. The molecule has 0 saturated heterocycles. The largest absolute Gasteiger partial charge is 0.491 e. The molecule has 0 aliphatic carbocycles. The first-order valence-corrected chi connectivity index (χ1v) is 11.6. The summed E-state index contributed by atoms with van der Waals surface area (Å²) in [5, 5.41) is 8.27. The Balaban J connectivity index is 1.63. The lowest BCUT2D eigenvalue weighted by atomic mass is 9.73. The van der Waals surface area contributed by atoms with Gasteiger partial charge in [-0.3, -0.25) is 4.79 Å². The van der Waals surface area contributed by atoms with Crippen molar-refractivity contribution < 1.29 is 19.1 Å². The number of urea groups is 1. The Kier molecular flexibility index (Phi) is 7.58. The van der Waals surface area contributed by atoms with Crippen LogP contribution in [0.25, 0.3) is 0 Å². The molecule has 3 rings (SSSR count). The predicted molar refractivity (Wildman–Crippen MR) is 138 cm³/mol. The lowest BCUT2D eigenvalue weighted by Crippen LogP contribution is -2.38. The number of rotatable bonds is 5. The molecule has 7 nitrogen and oxygen atoms in total. The Bertz CT molecular complexity index is 1140. The number of hydrogen-bond donors (Lipinski definition) is 3. The molecule has 35 heavy (non-hydrogen) atoms. The molecule has 3 N–H and O–H groups in total. The van der Waals surface area contributed by atoms with E-state index >= 15 is 0 Å². The molecule has 0 spiro atoms. The number of ether oxygens (including phenoxy) is 2. The Labute approximate surface area is 207 Å². The number of amides is 3. The molecule has 0 aromatic heterocycles. The van der Waals surface area contributed by atoms with E-state index in [0.717, 1.165) is 5.57 Å². The van der Waals surface area contributed by atoms with E-state index in [1.165, 1.54) is 0 Å². The Morgan fingerprint density at radius 2 is 1.60 bits per heavy atom. The second kappa shape index (κ2) is 10.3. The van der Waals surface area contributed by atoms with Crippen molar-refractivity contribution in [2.45, 2.75) is 47.6 Å². The Morgan fingerprint density at radius 1 is 0.914 bits per heavy atom. The first-order valence-electron chi connectivity index (χ1n) is 11.6. The average molecular weight is 478 g/mol. The van der Waals surface area contributed by atoms with Crippen LogP contribution in [0.2, 0.25) is 0 Å². The third-order valence-electron chi connectivity index (χ3n) is 5.51. The standard InChI is InChI=1S/C28H35N3O4/c1-27(2,3)23-16-20(17-34-24(23)28(4,5)6)31-26(33)30-19-11-13-21(14-12-19)35-22-10-8-9-18(15-22)25(32)29-7/h8-17,24H,1-7H3,(H,29,32)(H2,30,31,33). The van der Waals surface area contributed by atoms with Crippen molar-refractivity contribution in [3.63, 3.8) is 0 Å². The number of nitrogens with one attached hydrogen (secondary N) is 3. The topological polar surface area (TPSA) is 88.7 Å². The third kappa shape index (κ3) is 6.88. The zero-order valence-electron chi connectivity index (χ0n) is 21.5. The highest BCUT2D eigenvalue weighted by Crippen LogP contribution is 2.40. The molecule has 0 fully saturated rings. The van der Waals surface area contributed by atoms with Gasteiger partial charge in [0.15, 0.2) is 0 Å². The highest BCUT2D eigenvalue weighted by Gasteiger charge is 2.37. The van der Waals surface area contributed by atoms with Gasteiger partial charge in [-0.15, -0.1) is 0 Å². The first-order chi connectivity index (χ1) is 16.4. The van der Waals surface area contributed by atoms with Gasteiger partial charge in [-0.05, 0) is 59.5 Å². The molecular formula is C28H35N3O4. The van der Waals surface area contributed by atoms with E-state index in [1.54, 1.807) is 61.8 Å². The first kappa shape index (κ1) is 25.9. The van der Waals surface area contributed by atoms with Crippen LogP contribution in [0.3, 0.4) is 0 Å². The number of anilines is 1. The van der Waals surface area contributed by atoms with Gasteiger partial charge in [0.2, 0.25) is 0 Å². The Hall–Kier alpha value is -3.74. The van der Waals surface area contributed by atoms with E-state index in [1.807, 2.05) is 6.08 Å². The van der Waals surface area contributed by atoms with Crippen molar-refractivity contribution in [2.24, 2.45) is 10.8 Å². The van der Waals surface area contributed by atoms with E-state index in [-0.39, 0.29) is 28.9 Å². The second-order valence-electron chi connectivity index (χ2n) is 10.6. The molecule has 1 aliphatic heterocycles. The molecule has 2 aromatic carbocycles. The van der Waals surface area contributed by atoms with Crippen LogP contribution >= 0.6 is 0 Å². The number of benzene rings is 2. The van der Waals surface area contributed by atoms with Crippen LogP contribution in [0.15, 0.2) is 72.1 Å². The maximum absolute atomic E-state index is 12.6. The summed E-state index contributed by atoms with van der Waals surface area (Å²) < 4.78 is 11.9. The maximum Gasteiger partial charge on any atom is 0.323 e. The van der Waals surface area contributed by atoms with Crippen LogP contribution in [0.1, 0.15) is 51.9 Å². The van der Waals surface area contributed by atoms with Gasteiger partial charge in [-0.2, -0.15) is 0 Å². The molecule has 1 heterocycles. The molecule has 1 aliphatic rings. The maximum atomic E-state index is 12.6. The highest BCUT2D eigenvalue weighted by atomic mass is 16.5. The lowest BCUT2D eigenvalue weighted by molar-refractivity contribution is 0.0551. The number of carbonyl (C=O) groups excluding carboxylic acids is 2. The number of carbonyl (C=O) groups is 2. The predicted octanol–water partition coefficient (Wildman–Crippen LogP) is 6.22. The van der Waals surface area contributed by atoms with E-state index in [4.69, 9.17) is 9.47 Å². The van der Waals surface area contributed by atoms with Gasteiger partial charge in [0, 0.05) is 23.7 Å². The summed E-state index contributed by atoms with van der Waals surface area (Å²) in [4.78, 5) is 24.4. The van der Waals surface area contributed by atoms with E-state index in [9.17, 15) is 9.59 Å². The lowest BCUT2D eigenvalue weighted by Gasteiger charge is -2.40. The van der Waals surface area contributed by atoms with Gasteiger partial charge in [0.05, 0.1) is 5.70 Å². The molecule has 1 unspecified atom stereocenters. The minimum Gasteiger partial charge on any atom is -0.491 e. The van der Waals surface area contributed by atoms with Crippen LogP contribution in [0.5, 0.6) is 11.5 Å². The van der Waals surface area contributed by atoms with Gasteiger partial charge in [-0.25, -0.2) is 4.79 Å². The summed E-state index contributed by atoms with van der Waals surface area (Å²) in [5.41, 5.74) is 2.67. The fourth-order valence-corrected chi connectivity index (χ4v) is 3.72. The zero-order chi connectivity index (χ0) is 25.8. The van der Waals surface area contributed by atoms with Crippen molar-refractivity contribution in [3.05, 3.63) is 77.7 Å². The summed E-state index contributed by atoms with van der Waals surface area (Å²) in [6, 6.07) is 13.5. The molecular weight excluding hydrogens is 442 g/mol. The van der Waals surface area contributed by atoms with Crippen molar-refractivity contribution in [2.75, 3.05) is 12.4 Å². The normalized spacial score (nSPS) is 15.8. The smallest absolute Gasteiger partial charge is 0.323 e. The van der Waals surface area contributed by atoms with Crippen molar-refractivity contribution in [1.29, 1.82) is 0 Å². The van der Waals surface area contributed by atoms with E-state index < -0.39 is 0 Å². The van der Waals surface area contributed by atoms with Gasteiger partial charge in [0.25, 0.3) is 5.91 Å². The SMILES string of the molecule is CNC(=O)c1cccc(Oc2ccc(NC(=O)NC3=COC(C(C)(C)C)C(C(C)(C)C)=C3)cc2)c1. The van der Waals surface area contributed by atoms with Crippen LogP contribution in [-0.2, 0) is 4.74 Å². The van der Waals surface area contributed by atoms with Crippen LogP contribution in [0, 0.1) is 10.8 Å². The number of hydrogen-bond acceptors (Lipinski definition) is 4. The third-order valence-corrected chi connectivity index (χ3v) is 5.51. The molecule has 7 heteroatoms. The highest BCUT2D eigenvalue weighted by molar-refractivity contribution is 5.94. The summed E-state index contributed by atoms with van der Waals surface area (Å²) in [7, 11) is 1.58. The minimum atomic E-state index is -0.370. The quantitative estimate of drug-likeness (QED) is 0.477. The molecule has 3 amide bonds. The second-order valence-corrected chi connectivity index (χ2v) is 10.6. The molecule has 0 saturated carbocycles. The van der Waals surface area contributed by atoms with Crippen LogP contribution < -0.4 is 20.7 Å². The van der Waals surface area contributed by atoms with Crippen LogP contribution in [-0.4, -0.2) is 25.1 Å². The summed E-state index contributed by atoms with van der Waals surface area (Å²) in [5.74, 6) is 0.945. The van der Waals surface area contributed by atoms with E-state index in [2.05, 4.69) is 57.5 Å². The Morgan fingerprint density at radius 3 is 2.20 bits per heavy atom. The molecule has 186 valence electrons. The molecule has 1 atom stereocenters. The molecule has 0 radical (unpaired) electrons. The summed E-state index contributed by atoms with van der Waals surface area (Å²) >= 11 is 0.